The summed E-state index contributed by atoms with van der Waals surface area (Å²) in [6, 6.07) is 8.83. The standard InChI is InChI=1S/C14H17NO3/c1-14(2,3)18-13(16)12(9-15)10-6-5-7-11(8-10)17-4/h5-8,12H,1-4H3. The Morgan fingerprint density at radius 3 is 2.56 bits per heavy atom. The highest BCUT2D eigenvalue weighted by Gasteiger charge is 2.26. The van der Waals surface area contributed by atoms with Gasteiger partial charge in [-0.2, -0.15) is 5.26 Å². The van der Waals surface area contributed by atoms with E-state index >= 15 is 0 Å². The largest absolute Gasteiger partial charge is 0.497 e. The van der Waals surface area contributed by atoms with Crippen LogP contribution in [0.5, 0.6) is 5.75 Å². The molecule has 0 aliphatic heterocycles. The summed E-state index contributed by atoms with van der Waals surface area (Å²) in [5, 5.41) is 9.12. The number of nitrogens with zero attached hydrogens (tertiary/aromatic N) is 1. The molecule has 1 rings (SSSR count). The van der Waals surface area contributed by atoms with E-state index in [1.807, 2.05) is 6.07 Å². The third-order valence-electron chi connectivity index (χ3n) is 2.20. The molecule has 4 heteroatoms. The first-order chi connectivity index (χ1) is 8.37. The lowest BCUT2D eigenvalue weighted by molar-refractivity contribution is -0.155. The van der Waals surface area contributed by atoms with E-state index in [1.165, 1.54) is 7.11 Å². The Balaban J connectivity index is 2.96. The van der Waals surface area contributed by atoms with Crippen LogP contribution in [0.2, 0.25) is 0 Å². The first-order valence-electron chi connectivity index (χ1n) is 5.64. The van der Waals surface area contributed by atoms with Gasteiger partial charge in [-0.3, -0.25) is 4.79 Å². The molecule has 0 saturated carbocycles. The second-order valence-electron chi connectivity index (χ2n) is 4.87. The number of benzene rings is 1. The summed E-state index contributed by atoms with van der Waals surface area (Å²) in [6.45, 7) is 5.31. The van der Waals surface area contributed by atoms with E-state index in [0.717, 1.165) is 0 Å². The number of carbonyl (C=O) groups excluding carboxylic acids is 1. The maximum atomic E-state index is 11.9. The minimum Gasteiger partial charge on any atom is -0.497 e. The average Bonchev–Trinajstić information content (AvgIpc) is 2.28. The molecule has 0 bridgehead atoms. The highest BCUT2D eigenvalue weighted by atomic mass is 16.6. The number of carbonyl (C=O) groups is 1. The predicted molar refractivity (Wildman–Crippen MR) is 67.2 cm³/mol. The highest BCUT2D eigenvalue weighted by molar-refractivity contribution is 5.81. The molecule has 1 aromatic rings. The lowest BCUT2D eigenvalue weighted by Gasteiger charge is -2.21. The molecular weight excluding hydrogens is 230 g/mol. The topological polar surface area (TPSA) is 59.3 Å². The van der Waals surface area contributed by atoms with Crippen LogP contribution < -0.4 is 4.74 Å². The zero-order valence-electron chi connectivity index (χ0n) is 11.1. The molecule has 0 aromatic heterocycles. The maximum Gasteiger partial charge on any atom is 0.328 e. The molecule has 0 heterocycles. The summed E-state index contributed by atoms with van der Waals surface area (Å²) < 4.78 is 10.3. The monoisotopic (exact) mass is 247 g/mol. The number of nitriles is 1. The Bertz CT molecular complexity index is 469. The molecule has 0 aliphatic carbocycles. The Morgan fingerprint density at radius 2 is 2.06 bits per heavy atom. The summed E-state index contributed by atoms with van der Waals surface area (Å²) in [5.74, 6) is -0.867. The van der Waals surface area contributed by atoms with Crippen LogP contribution in [0.3, 0.4) is 0 Å². The summed E-state index contributed by atoms with van der Waals surface area (Å²) in [4.78, 5) is 11.9. The van der Waals surface area contributed by atoms with E-state index in [-0.39, 0.29) is 0 Å². The van der Waals surface area contributed by atoms with Gasteiger partial charge in [-0.25, -0.2) is 0 Å². The molecule has 0 fully saturated rings. The Labute approximate surface area is 107 Å². The van der Waals surface area contributed by atoms with Gasteiger partial charge in [0, 0.05) is 0 Å². The van der Waals surface area contributed by atoms with Gasteiger partial charge in [0.1, 0.15) is 11.4 Å². The van der Waals surface area contributed by atoms with Crippen molar-refractivity contribution in [2.75, 3.05) is 7.11 Å². The fourth-order valence-electron chi connectivity index (χ4n) is 1.45. The van der Waals surface area contributed by atoms with E-state index < -0.39 is 17.5 Å². The molecular formula is C14H17NO3. The van der Waals surface area contributed by atoms with Gasteiger partial charge in [0.25, 0.3) is 0 Å². The molecule has 1 aromatic carbocycles. The van der Waals surface area contributed by atoms with Gasteiger partial charge in [0.05, 0.1) is 13.2 Å². The van der Waals surface area contributed by atoms with E-state index in [4.69, 9.17) is 14.7 Å². The quantitative estimate of drug-likeness (QED) is 0.770. The smallest absolute Gasteiger partial charge is 0.328 e. The van der Waals surface area contributed by atoms with Crippen LogP contribution in [-0.4, -0.2) is 18.7 Å². The maximum absolute atomic E-state index is 11.9. The van der Waals surface area contributed by atoms with Crippen molar-refractivity contribution < 1.29 is 14.3 Å². The second-order valence-corrected chi connectivity index (χ2v) is 4.87. The van der Waals surface area contributed by atoms with Crippen LogP contribution in [0.15, 0.2) is 24.3 Å². The van der Waals surface area contributed by atoms with Crippen LogP contribution in [0, 0.1) is 11.3 Å². The predicted octanol–water partition coefficient (Wildman–Crippen LogP) is 2.64. The third-order valence-corrected chi connectivity index (χ3v) is 2.20. The zero-order chi connectivity index (χ0) is 13.8. The van der Waals surface area contributed by atoms with Crippen LogP contribution in [0.1, 0.15) is 32.3 Å². The van der Waals surface area contributed by atoms with Crippen molar-refractivity contribution in [2.24, 2.45) is 0 Å². The molecule has 0 saturated heterocycles. The first kappa shape index (κ1) is 14.0. The van der Waals surface area contributed by atoms with E-state index in [0.29, 0.717) is 11.3 Å². The van der Waals surface area contributed by atoms with Crippen molar-refractivity contribution in [3.63, 3.8) is 0 Å². The van der Waals surface area contributed by atoms with E-state index in [9.17, 15) is 4.79 Å². The number of esters is 1. The van der Waals surface area contributed by atoms with Crippen molar-refractivity contribution in [1.29, 1.82) is 5.26 Å². The Kier molecular flexibility index (Phi) is 4.33. The molecule has 1 unspecified atom stereocenters. The lowest BCUT2D eigenvalue weighted by Crippen LogP contribution is -2.27. The van der Waals surface area contributed by atoms with Gasteiger partial charge in [-0.05, 0) is 38.5 Å². The highest BCUT2D eigenvalue weighted by Crippen LogP contribution is 2.23. The second kappa shape index (κ2) is 5.54. The molecule has 96 valence electrons. The van der Waals surface area contributed by atoms with Gasteiger partial charge in [0.15, 0.2) is 5.92 Å². The molecule has 0 amide bonds. The van der Waals surface area contributed by atoms with Crippen molar-refractivity contribution >= 4 is 5.97 Å². The van der Waals surface area contributed by atoms with Gasteiger partial charge in [-0.1, -0.05) is 12.1 Å². The minimum atomic E-state index is -0.931. The summed E-state index contributed by atoms with van der Waals surface area (Å²) in [5.41, 5.74) is -0.0310. The number of hydrogen-bond acceptors (Lipinski definition) is 4. The Hall–Kier alpha value is -2.02. The fourth-order valence-corrected chi connectivity index (χ4v) is 1.45. The molecule has 0 N–H and O–H groups in total. The minimum absolute atomic E-state index is 0.543. The number of methoxy groups -OCH3 is 1. The molecule has 0 aliphatic rings. The molecule has 1 atom stereocenters. The summed E-state index contributed by atoms with van der Waals surface area (Å²) in [6.07, 6.45) is 0. The van der Waals surface area contributed by atoms with Crippen molar-refractivity contribution in [3.8, 4) is 11.8 Å². The summed E-state index contributed by atoms with van der Waals surface area (Å²) in [7, 11) is 1.54. The number of hydrogen-bond donors (Lipinski definition) is 0. The van der Waals surface area contributed by atoms with Crippen molar-refractivity contribution in [1.82, 2.24) is 0 Å². The average molecular weight is 247 g/mol. The summed E-state index contributed by atoms with van der Waals surface area (Å²) >= 11 is 0. The molecule has 4 nitrogen and oxygen atoms in total. The normalized spacial score (nSPS) is 12.4. The lowest BCUT2D eigenvalue weighted by atomic mass is 10.0. The van der Waals surface area contributed by atoms with E-state index in [2.05, 4.69) is 0 Å². The molecule has 0 spiro atoms. The SMILES string of the molecule is COc1cccc(C(C#N)C(=O)OC(C)(C)C)c1. The number of rotatable bonds is 3. The third kappa shape index (κ3) is 3.77. The van der Waals surface area contributed by atoms with Gasteiger partial charge >= 0.3 is 5.97 Å². The van der Waals surface area contributed by atoms with E-state index in [1.54, 1.807) is 45.0 Å². The first-order valence-corrected chi connectivity index (χ1v) is 5.64. The number of ether oxygens (including phenoxy) is 2. The van der Waals surface area contributed by atoms with Crippen LogP contribution in [0.4, 0.5) is 0 Å². The molecule has 18 heavy (non-hydrogen) atoms. The van der Waals surface area contributed by atoms with Crippen LogP contribution in [-0.2, 0) is 9.53 Å². The van der Waals surface area contributed by atoms with Gasteiger partial charge in [-0.15, -0.1) is 0 Å². The Morgan fingerprint density at radius 1 is 1.39 bits per heavy atom. The zero-order valence-corrected chi connectivity index (χ0v) is 11.1. The van der Waals surface area contributed by atoms with Crippen LogP contribution in [0.25, 0.3) is 0 Å². The van der Waals surface area contributed by atoms with Gasteiger partial charge < -0.3 is 9.47 Å². The fraction of sp³-hybridized carbons (Fsp3) is 0.429. The van der Waals surface area contributed by atoms with Crippen LogP contribution >= 0.6 is 0 Å². The van der Waals surface area contributed by atoms with Gasteiger partial charge in [0.2, 0.25) is 0 Å². The van der Waals surface area contributed by atoms with Crippen molar-refractivity contribution in [3.05, 3.63) is 29.8 Å². The molecule has 0 radical (unpaired) electrons. The van der Waals surface area contributed by atoms with Crippen molar-refractivity contribution in [2.45, 2.75) is 32.3 Å².